The highest BCUT2D eigenvalue weighted by Crippen LogP contribution is 1.77. The predicted molar refractivity (Wildman–Crippen MR) is 22.4 cm³/mol. The van der Waals surface area contributed by atoms with Crippen LogP contribution in [0.3, 0.4) is 0 Å². The molecule has 5 heavy (non-hydrogen) atoms. The van der Waals surface area contributed by atoms with Crippen LogP contribution in [0.15, 0.2) is 0 Å². The zero-order valence-electron chi connectivity index (χ0n) is 3.82. The highest BCUT2D eigenvalue weighted by Gasteiger charge is 1.71. The van der Waals surface area contributed by atoms with Crippen LogP contribution in [-0.2, 0) is 0 Å². The molecule has 0 heterocycles. The van der Waals surface area contributed by atoms with Crippen molar-refractivity contribution in [3.05, 3.63) is 0 Å². The summed E-state index contributed by atoms with van der Waals surface area (Å²) in [4.78, 5) is 0. The number of aliphatic hydroxyl groups is 1. The second kappa shape index (κ2) is 4.25. The van der Waals surface area contributed by atoms with Crippen LogP contribution < -0.4 is 0 Å². The lowest BCUT2D eigenvalue weighted by molar-refractivity contribution is 0.296. The fraction of sp³-hybridized carbons (Fsp3) is 1.00. The van der Waals surface area contributed by atoms with Crippen molar-refractivity contribution in [1.82, 2.24) is 0 Å². The average Bonchev–Trinajstić information content (AvgIpc) is 1.65. The highest BCUT2D eigenvalue weighted by molar-refractivity contribution is 6.17. The molecule has 0 spiro atoms. The zero-order valence-corrected chi connectivity index (χ0v) is 3.57. The maximum Gasteiger partial charge on any atom is 0.0442 e. The summed E-state index contributed by atoms with van der Waals surface area (Å²) in [5, 5.41) is 8.06. The summed E-state index contributed by atoms with van der Waals surface area (Å²) in [6.07, 6.45) is -0.494. The van der Waals surface area contributed by atoms with Crippen LogP contribution >= 0.6 is 11.6 Å². The van der Waals surface area contributed by atoms with Crippen LogP contribution in [0.5, 0.6) is 0 Å². The molecule has 0 aromatic carbocycles. The zero-order chi connectivity index (χ0) is 4.99. The average molecular weight is 95.5 g/mol. The Balaban J connectivity index is 2.75. The Morgan fingerprint density at radius 2 is 2.60 bits per heavy atom. The summed E-state index contributed by atoms with van der Waals surface area (Å²) in [5.74, 6) is 0.219. The molecule has 0 bridgehead atoms. The lowest BCUT2D eigenvalue weighted by atomic mass is 10.5. The number of halogens is 1. The summed E-state index contributed by atoms with van der Waals surface area (Å²) in [5.41, 5.74) is 0. The maximum atomic E-state index is 8.06. The molecule has 0 fully saturated rings. The Hall–Kier alpha value is 0.250. The summed E-state index contributed by atoms with van der Waals surface area (Å²) >= 11 is 5.10. The number of rotatable bonds is 2. The molecule has 1 nitrogen and oxygen atoms in total. The molecule has 0 saturated carbocycles. The van der Waals surface area contributed by atoms with Crippen LogP contribution in [0, 0.1) is 0 Å². The van der Waals surface area contributed by atoms with E-state index >= 15 is 0 Å². The molecule has 0 aliphatic carbocycles. The minimum Gasteiger partial charge on any atom is -0.396 e. The Bertz CT molecular complexity index is 30.0. The molecular weight excluding hydrogens is 87.5 g/mol. The lowest BCUT2D eigenvalue weighted by Gasteiger charge is -1.77. The molecule has 2 heteroatoms. The van der Waals surface area contributed by atoms with Crippen LogP contribution in [0.2, 0.25) is 0 Å². The topological polar surface area (TPSA) is 20.2 Å². The Morgan fingerprint density at radius 1 is 2.00 bits per heavy atom. The van der Waals surface area contributed by atoms with E-state index in [9.17, 15) is 0 Å². The third-order valence-corrected chi connectivity index (χ3v) is 0.456. The monoisotopic (exact) mass is 95.0 g/mol. The molecule has 1 atom stereocenters. The van der Waals surface area contributed by atoms with Crippen molar-refractivity contribution in [1.29, 1.82) is 0 Å². The Labute approximate surface area is 38.0 Å². The van der Waals surface area contributed by atoms with Gasteiger partial charge in [-0.2, -0.15) is 0 Å². The standard InChI is InChI=1S/C3H7ClO/c4-2-1-3-5/h5H,1-3H2/i1D. The largest absolute Gasteiger partial charge is 0.396 e. The van der Waals surface area contributed by atoms with Gasteiger partial charge in [-0.1, -0.05) is 0 Å². The highest BCUT2D eigenvalue weighted by atomic mass is 35.5. The first-order valence-electron chi connectivity index (χ1n) is 1.98. The van der Waals surface area contributed by atoms with E-state index in [2.05, 4.69) is 0 Å². The van der Waals surface area contributed by atoms with Crippen LogP contribution in [0.4, 0.5) is 0 Å². The van der Waals surface area contributed by atoms with Gasteiger partial charge in [0.05, 0.1) is 0 Å². The van der Waals surface area contributed by atoms with E-state index in [1.807, 2.05) is 0 Å². The van der Waals surface area contributed by atoms with Crippen molar-refractivity contribution < 1.29 is 6.48 Å². The number of hydrogen-bond acceptors (Lipinski definition) is 1. The summed E-state index contributed by atoms with van der Waals surface area (Å²) in [6.45, 7) is -0.135. The summed E-state index contributed by atoms with van der Waals surface area (Å²) in [6, 6.07) is 0. The number of aliphatic hydroxyl groups excluding tert-OH is 1. The predicted octanol–water partition coefficient (Wildman–Crippen LogP) is 0.608. The normalized spacial score (nSPS) is 17.6. The van der Waals surface area contributed by atoms with E-state index in [4.69, 9.17) is 18.1 Å². The molecule has 1 unspecified atom stereocenters. The summed E-state index contributed by atoms with van der Waals surface area (Å²) in [7, 11) is 0. The van der Waals surface area contributed by atoms with Gasteiger partial charge in [0.25, 0.3) is 0 Å². The molecule has 0 saturated heterocycles. The molecule has 0 radical (unpaired) electrons. The van der Waals surface area contributed by atoms with E-state index in [1.54, 1.807) is 0 Å². The van der Waals surface area contributed by atoms with E-state index in [-0.39, 0.29) is 12.5 Å². The second-order valence-electron chi connectivity index (χ2n) is 0.626. The molecule has 0 aromatic rings. The van der Waals surface area contributed by atoms with Gasteiger partial charge in [0.2, 0.25) is 0 Å². The molecule has 0 aromatic heterocycles. The van der Waals surface area contributed by atoms with Gasteiger partial charge in [0.1, 0.15) is 0 Å². The van der Waals surface area contributed by atoms with Crippen molar-refractivity contribution >= 4 is 11.6 Å². The third kappa shape index (κ3) is 4.25. The number of alkyl halides is 1. The van der Waals surface area contributed by atoms with Crippen molar-refractivity contribution in [2.24, 2.45) is 0 Å². The molecule has 0 aliphatic heterocycles. The second-order valence-corrected chi connectivity index (χ2v) is 0.934. The van der Waals surface area contributed by atoms with E-state index in [1.165, 1.54) is 0 Å². The Kier molecular flexibility index (Phi) is 2.92. The quantitative estimate of drug-likeness (QED) is 0.498. The van der Waals surface area contributed by atoms with Crippen LogP contribution in [-0.4, -0.2) is 17.6 Å². The molecular formula is C3H7ClO. The summed E-state index contributed by atoms with van der Waals surface area (Å²) < 4.78 is 6.69. The van der Waals surface area contributed by atoms with Gasteiger partial charge in [-0.3, -0.25) is 0 Å². The Morgan fingerprint density at radius 3 is 2.60 bits per heavy atom. The van der Waals surface area contributed by atoms with E-state index in [0.717, 1.165) is 0 Å². The minimum atomic E-state index is -0.494. The van der Waals surface area contributed by atoms with Gasteiger partial charge in [-0.05, 0) is 6.40 Å². The first kappa shape index (κ1) is 3.44. The van der Waals surface area contributed by atoms with Gasteiger partial charge in [-0.25, -0.2) is 0 Å². The number of hydrogen-bond donors (Lipinski definition) is 1. The van der Waals surface area contributed by atoms with Gasteiger partial charge in [-0.15, -0.1) is 11.6 Å². The molecule has 32 valence electrons. The van der Waals surface area contributed by atoms with Crippen LogP contribution in [0.25, 0.3) is 0 Å². The first-order valence-corrected chi connectivity index (χ1v) is 1.93. The van der Waals surface area contributed by atoms with Crippen molar-refractivity contribution in [3.8, 4) is 0 Å². The van der Waals surface area contributed by atoms with Crippen molar-refractivity contribution in [2.75, 3.05) is 12.5 Å². The van der Waals surface area contributed by atoms with Crippen molar-refractivity contribution in [2.45, 2.75) is 6.40 Å². The minimum absolute atomic E-state index is 0.135. The fourth-order valence-corrected chi connectivity index (χ4v) is 0.146. The van der Waals surface area contributed by atoms with Gasteiger partial charge in [0.15, 0.2) is 0 Å². The third-order valence-electron chi connectivity index (χ3n) is 0.238. The first-order chi connectivity index (χ1) is 2.81. The van der Waals surface area contributed by atoms with E-state index < -0.39 is 6.40 Å². The van der Waals surface area contributed by atoms with Crippen LogP contribution in [0.1, 0.15) is 7.77 Å². The lowest BCUT2D eigenvalue weighted by Crippen LogP contribution is -1.79. The maximum absolute atomic E-state index is 8.06. The molecule has 0 amide bonds. The van der Waals surface area contributed by atoms with Gasteiger partial charge in [0, 0.05) is 13.9 Å². The molecule has 0 rings (SSSR count). The smallest absolute Gasteiger partial charge is 0.0442 e. The van der Waals surface area contributed by atoms with Crippen molar-refractivity contribution in [3.63, 3.8) is 0 Å². The fourth-order valence-electron chi connectivity index (χ4n) is 0.0488. The molecule has 1 N–H and O–H groups in total. The SMILES string of the molecule is [2H]C(CO)CCl. The molecule has 0 aliphatic rings. The van der Waals surface area contributed by atoms with Gasteiger partial charge >= 0.3 is 0 Å². The van der Waals surface area contributed by atoms with E-state index in [0.29, 0.717) is 0 Å². The van der Waals surface area contributed by atoms with Gasteiger partial charge < -0.3 is 5.11 Å².